The van der Waals surface area contributed by atoms with Crippen LogP contribution in [-0.4, -0.2) is 36.1 Å². The predicted octanol–water partition coefficient (Wildman–Crippen LogP) is 0.426. The zero-order chi connectivity index (χ0) is 13.5. The van der Waals surface area contributed by atoms with Crippen LogP contribution in [0.1, 0.15) is 40.5 Å². The van der Waals surface area contributed by atoms with Gasteiger partial charge in [0.05, 0.1) is 6.61 Å². The van der Waals surface area contributed by atoms with Crippen molar-refractivity contribution in [2.24, 2.45) is 5.41 Å². The molecule has 100 valence electrons. The molecule has 3 N–H and O–H groups in total. The van der Waals surface area contributed by atoms with E-state index >= 15 is 0 Å². The Balaban J connectivity index is 3.65. The second-order valence-electron chi connectivity index (χ2n) is 5.26. The highest BCUT2D eigenvalue weighted by atomic mass is 16.3. The third kappa shape index (κ3) is 7.74. The summed E-state index contributed by atoms with van der Waals surface area (Å²) >= 11 is 0. The normalized spacial score (nSPS) is 13.0. The largest absolute Gasteiger partial charge is 0.394 e. The second-order valence-corrected chi connectivity index (χ2v) is 5.26. The maximum Gasteiger partial charge on any atom is 0.225 e. The van der Waals surface area contributed by atoms with E-state index in [1.54, 1.807) is 6.92 Å². The third-order valence-corrected chi connectivity index (χ3v) is 2.23. The van der Waals surface area contributed by atoms with Gasteiger partial charge in [-0.05, 0) is 13.3 Å². The molecule has 0 aliphatic carbocycles. The number of hydrogen-bond acceptors (Lipinski definition) is 3. The summed E-state index contributed by atoms with van der Waals surface area (Å²) in [5.74, 6) is -0.113. The molecule has 0 heterocycles. The zero-order valence-corrected chi connectivity index (χ0v) is 11.2. The first-order valence-electron chi connectivity index (χ1n) is 5.96. The number of carbonyl (C=O) groups excluding carboxylic acids is 2. The van der Waals surface area contributed by atoms with Crippen LogP contribution in [0.5, 0.6) is 0 Å². The van der Waals surface area contributed by atoms with Crippen LogP contribution < -0.4 is 10.6 Å². The van der Waals surface area contributed by atoms with Gasteiger partial charge in [0.1, 0.15) is 0 Å². The SMILES string of the molecule is C[C@@H](CO)NC(=O)CCCNC(=O)C(C)(C)C. The van der Waals surface area contributed by atoms with Gasteiger partial charge in [-0.3, -0.25) is 9.59 Å². The first-order valence-corrected chi connectivity index (χ1v) is 5.96. The molecule has 0 aromatic carbocycles. The van der Waals surface area contributed by atoms with Gasteiger partial charge in [0, 0.05) is 24.4 Å². The van der Waals surface area contributed by atoms with Crippen molar-refractivity contribution in [2.45, 2.75) is 46.6 Å². The summed E-state index contributed by atoms with van der Waals surface area (Å²) in [6, 6.07) is -0.216. The molecule has 1 atom stereocenters. The van der Waals surface area contributed by atoms with Crippen molar-refractivity contribution in [3.05, 3.63) is 0 Å². The Morgan fingerprint density at radius 3 is 2.35 bits per heavy atom. The number of nitrogens with one attached hydrogen (secondary N) is 2. The van der Waals surface area contributed by atoms with Crippen LogP contribution in [0.2, 0.25) is 0 Å². The topological polar surface area (TPSA) is 78.4 Å². The average Bonchev–Trinajstić information content (AvgIpc) is 2.22. The molecular formula is C12H24N2O3. The van der Waals surface area contributed by atoms with Crippen molar-refractivity contribution in [3.8, 4) is 0 Å². The Bertz CT molecular complexity index is 259. The lowest BCUT2D eigenvalue weighted by Crippen LogP contribution is -2.37. The Morgan fingerprint density at radius 1 is 1.29 bits per heavy atom. The maximum absolute atomic E-state index is 11.5. The molecular weight excluding hydrogens is 220 g/mol. The number of aliphatic hydroxyl groups excluding tert-OH is 1. The quantitative estimate of drug-likeness (QED) is 0.593. The van der Waals surface area contributed by atoms with Crippen LogP contribution in [-0.2, 0) is 9.59 Å². The van der Waals surface area contributed by atoms with Crippen molar-refractivity contribution in [1.82, 2.24) is 10.6 Å². The fourth-order valence-electron chi connectivity index (χ4n) is 1.11. The van der Waals surface area contributed by atoms with Crippen LogP contribution in [0.25, 0.3) is 0 Å². The van der Waals surface area contributed by atoms with Crippen molar-refractivity contribution in [3.63, 3.8) is 0 Å². The highest BCUT2D eigenvalue weighted by Gasteiger charge is 2.20. The van der Waals surface area contributed by atoms with E-state index in [9.17, 15) is 9.59 Å². The molecule has 0 bridgehead atoms. The lowest BCUT2D eigenvalue weighted by molar-refractivity contribution is -0.128. The highest BCUT2D eigenvalue weighted by Crippen LogP contribution is 2.12. The molecule has 0 saturated carbocycles. The molecule has 5 nitrogen and oxygen atoms in total. The van der Waals surface area contributed by atoms with Crippen LogP contribution in [0, 0.1) is 5.41 Å². The lowest BCUT2D eigenvalue weighted by Gasteiger charge is -2.17. The van der Waals surface area contributed by atoms with Crippen LogP contribution in [0.3, 0.4) is 0 Å². The van der Waals surface area contributed by atoms with Gasteiger partial charge in [-0.2, -0.15) is 0 Å². The third-order valence-electron chi connectivity index (χ3n) is 2.23. The Labute approximate surface area is 103 Å². The van der Waals surface area contributed by atoms with Crippen molar-refractivity contribution in [1.29, 1.82) is 0 Å². The Morgan fingerprint density at radius 2 is 1.88 bits per heavy atom. The summed E-state index contributed by atoms with van der Waals surface area (Å²) in [5.41, 5.74) is -0.395. The van der Waals surface area contributed by atoms with E-state index in [2.05, 4.69) is 10.6 Å². The van der Waals surface area contributed by atoms with Crippen LogP contribution in [0.15, 0.2) is 0 Å². The molecule has 0 spiro atoms. The number of carbonyl (C=O) groups is 2. The molecule has 0 rings (SSSR count). The van der Waals surface area contributed by atoms with Gasteiger partial charge in [0.15, 0.2) is 0 Å². The monoisotopic (exact) mass is 244 g/mol. The van der Waals surface area contributed by atoms with Gasteiger partial charge >= 0.3 is 0 Å². The number of amides is 2. The molecule has 0 aromatic heterocycles. The number of rotatable bonds is 6. The molecule has 0 radical (unpaired) electrons. The number of hydrogen-bond donors (Lipinski definition) is 3. The van der Waals surface area contributed by atoms with E-state index < -0.39 is 5.41 Å². The lowest BCUT2D eigenvalue weighted by atomic mass is 9.96. The molecule has 17 heavy (non-hydrogen) atoms. The smallest absolute Gasteiger partial charge is 0.225 e. The first-order chi connectivity index (χ1) is 7.77. The summed E-state index contributed by atoms with van der Waals surface area (Å²) in [5, 5.41) is 14.2. The molecule has 0 aliphatic heterocycles. The van der Waals surface area contributed by atoms with E-state index in [0.29, 0.717) is 19.4 Å². The second kappa shape index (κ2) is 7.27. The highest BCUT2D eigenvalue weighted by molar-refractivity contribution is 5.81. The van der Waals surface area contributed by atoms with E-state index in [4.69, 9.17) is 5.11 Å². The average molecular weight is 244 g/mol. The van der Waals surface area contributed by atoms with Gasteiger partial charge in [-0.1, -0.05) is 20.8 Å². The van der Waals surface area contributed by atoms with Crippen molar-refractivity contribution in [2.75, 3.05) is 13.2 Å². The molecule has 5 heteroatoms. The standard InChI is InChI=1S/C12H24N2O3/c1-9(8-15)14-10(16)6-5-7-13-11(17)12(2,3)4/h9,15H,5-8H2,1-4H3,(H,13,17)(H,14,16)/t9-/m0/s1. The summed E-state index contributed by atoms with van der Waals surface area (Å²) in [7, 11) is 0. The van der Waals surface area contributed by atoms with Gasteiger partial charge in [0.2, 0.25) is 11.8 Å². The molecule has 0 aromatic rings. The Kier molecular flexibility index (Phi) is 6.80. The summed E-state index contributed by atoms with van der Waals surface area (Å²) < 4.78 is 0. The van der Waals surface area contributed by atoms with E-state index in [-0.39, 0.29) is 24.5 Å². The van der Waals surface area contributed by atoms with Crippen molar-refractivity contribution < 1.29 is 14.7 Å². The first kappa shape index (κ1) is 15.9. The van der Waals surface area contributed by atoms with Gasteiger partial charge in [-0.15, -0.1) is 0 Å². The minimum Gasteiger partial charge on any atom is -0.394 e. The number of aliphatic hydroxyl groups is 1. The molecule has 0 saturated heterocycles. The van der Waals surface area contributed by atoms with Crippen LogP contribution in [0.4, 0.5) is 0 Å². The molecule has 2 amide bonds. The van der Waals surface area contributed by atoms with E-state index in [1.807, 2.05) is 20.8 Å². The van der Waals surface area contributed by atoms with Gasteiger partial charge < -0.3 is 15.7 Å². The zero-order valence-electron chi connectivity index (χ0n) is 11.2. The molecule has 0 fully saturated rings. The van der Waals surface area contributed by atoms with E-state index in [0.717, 1.165) is 0 Å². The summed E-state index contributed by atoms with van der Waals surface area (Å²) in [4.78, 5) is 22.8. The predicted molar refractivity (Wildman–Crippen MR) is 66.4 cm³/mol. The van der Waals surface area contributed by atoms with Gasteiger partial charge in [0.25, 0.3) is 0 Å². The van der Waals surface area contributed by atoms with Crippen LogP contribution >= 0.6 is 0 Å². The Hall–Kier alpha value is -1.10. The molecule has 0 unspecified atom stereocenters. The minimum atomic E-state index is -0.395. The van der Waals surface area contributed by atoms with Gasteiger partial charge in [-0.25, -0.2) is 0 Å². The van der Waals surface area contributed by atoms with Crippen molar-refractivity contribution >= 4 is 11.8 Å². The fraction of sp³-hybridized carbons (Fsp3) is 0.833. The summed E-state index contributed by atoms with van der Waals surface area (Å²) in [6.45, 7) is 7.71. The fourth-order valence-corrected chi connectivity index (χ4v) is 1.11. The molecule has 0 aliphatic rings. The maximum atomic E-state index is 11.5. The summed E-state index contributed by atoms with van der Waals surface area (Å²) in [6.07, 6.45) is 0.959. The van der Waals surface area contributed by atoms with E-state index in [1.165, 1.54) is 0 Å². The minimum absolute atomic E-state index is 0.0124.